The summed E-state index contributed by atoms with van der Waals surface area (Å²) in [4.78, 5) is 0. The third kappa shape index (κ3) is 2.46. The van der Waals surface area contributed by atoms with Crippen molar-refractivity contribution in [3.8, 4) is 17.0 Å². The van der Waals surface area contributed by atoms with E-state index in [4.69, 9.17) is 4.74 Å². The predicted octanol–water partition coefficient (Wildman–Crippen LogP) is 3.34. The molecule has 0 saturated heterocycles. The van der Waals surface area contributed by atoms with E-state index in [9.17, 15) is 0 Å². The van der Waals surface area contributed by atoms with Gasteiger partial charge in [0.05, 0.1) is 12.8 Å². The summed E-state index contributed by atoms with van der Waals surface area (Å²) in [7, 11) is 1.69. The fraction of sp³-hybridized carbons (Fsp3) is 0.375. The Balaban J connectivity index is 1.90. The van der Waals surface area contributed by atoms with Crippen molar-refractivity contribution in [3.63, 3.8) is 0 Å². The SMILES string of the molecule is COc1ccc(-c2ccc(NC3CC3)nn2)c(C)c1C. The number of aromatic nitrogens is 2. The van der Waals surface area contributed by atoms with Crippen molar-refractivity contribution in [3.05, 3.63) is 35.4 Å². The summed E-state index contributed by atoms with van der Waals surface area (Å²) in [5, 5.41) is 11.9. The van der Waals surface area contributed by atoms with Crippen LogP contribution in [0, 0.1) is 13.8 Å². The number of rotatable bonds is 4. The third-order valence-corrected chi connectivity index (χ3v) is 3.83. The van der Waals surface area contributed by atoms with E-state index in [-0.39, 0.29) is 0 Å². The molecule has 0 atom stereocenters. The van der Waals surface area contributed by atoms with E-state index >= 15 is 0 Å². The maximum atomic E-state index is 5.34. The molecule has 2 aromatic rings. The van der Waals surface area contributed by atoms with Crippen LogP contribution < -0.4 is 10.1 Å². The lowest BCUT2D eigenvalue weighted by molar-refractivity contribution is 0.411. The van der Waals surface area contributed by atoms with Gasteiger partial charge >= 0.3 is 0 Å². The molecule has 1 saturated carbocycles. The van der Waals surface area contributed by atoms with Crippen LogP contribution in [0.3, 0.4) is 0 Å². The van der Waals surface area contributed by atoms with E-state index in [1.54, 1.807) is 7.11 Å². The van der Waals surface area contributed by atoms with E-state index < -0.39 is 0 Å². The van der Waals surface area contributed by atoms with Crippen LogP contribution in [0.25, 0.3) is 11.3 Å². The molecule has 1 aliphatic rings. The van der Waals surface area contributed by atoms with Crippen LogP contribution in [-0.2, 0) is 0 Å². The van der Waals surface area contributed by atoms with Gasteiger partial charge in [-0.2, -0.15) is 0 Å². The molecule has 0 bridgehead atoms. The van der Waals surface area contributed by atoms with Crippen LogP contribution in [0.4, 0.5) is 5.82 Å². The van der Waals surface area contributed by atoms with E-state index in [1.807, 2.05) is 24.3 Å². The highest BCUT2D eigenvalue weighted by Crippen LogP contribution is 2.30. The normalized spacial score (nSPS) is 14.2. The van der Waals surface area contributed by atoms with Crippen LogP contribution in [0.15, 0.2) is 24.3 Å². The summed E-state index contributed by atoms with van der Waals surface area (Å²) in [6, 6.07) is 8.64. The number of benzene rings is 1. The van der Waals surface area contributed by atoms with Gasteiger partial charge in [-0.25, -0.2) is 0 Å². The highest BCUT2D eigenvalue weighted by Gasteiger charge is 2.21. The van der Waals surface area contributed by atoms with E-state index in [0.717, 1.165) is 28.4 Å². The average Bonchev–Trinajstić information content (AvgIpc) is 3.27. The van der Waals surface area contributed by atoms with Gasteiger partial charge in [-0.15, -0.1) is 10.2 Å². The van der Waals surface area contributed by atoms with Crippen molar-refractivity contribution < 1.29 is 4.74 Å². The van der Waals surface area contributed by atoms with Crippen molar-refractivity contribution in [2.24, 2.45) is 0 Å². The molecule has 0 aliphatic heterocycles. The average molecular weight is 269 g/mol. The molecule has 1 aromatic heterocycles. The second-order valence-electron chi connectivity index (χ2n) is 5.29. The minimum Gasteiger partial charge on any atom is -0.496 e. The van der Waals surface area contributed by atoms with Crippen molar-refractivity contribution in [1.82, 2.24) is 10.2 Å². The molecular weight excluding hydrogens is 250 g/mol. The Hall–Kier alpha value is -2.10. The number of hydrogen-bond donors (Lipinski definition) is 1. The molecule has 4 heteroatoms. The maximum Gasteiger partial charge on any atom is 0.148 e. The number of nitrogens with one attached hydrogen (secondary N) is 1. The van der Waals surface area contributed by atoms with Gasteiger partial charge in [0.15, 0.2) is 0 Å². The summed E-state index contributed by atoms with van der Waals surface area (Å²) in [6.07, 6.45) is 2.47. The molecule has 1 heterocycles. The molecule has 20 heavy (non-hydrogen) atoms. The topological polar surface area (TPSA) is 47.0 Å². The van der Waals surface area contributed by atoms with Gasteiger partial charge in [0.25, 0.3) is 0 Å². The number of hydrogen-bond acceptors (Lipinski definition) is 4. The van der Waals surface area contributed by atoms with Crippen LogP contribution in [-0.4, -0.2) is 23.3 Å². The van der Waals surface area contributed by atoms with Gasteiger partial charge in [0, 0.05) is 11.6 Å². The predicted molar refractivity (Wildman–Crippen MR) is 80.1 cm³/mol. The van der Waals surface area contributed by atoms with Crippen molar-refractivity contribution in [2.75, 3.05) is 12.4 Å². The van der Waals surface area contributed by atoms with Gasteiger partial charge in [-0.3, -0.25) is 0 Å². The molecule has 3 rings (SSSR count). The Labute approximate surface area is 119 Å². The van der Waals surface area contributed by atoms with Crippen molar-refractivity contribution in [1.29, 1.82) is 0 Å². The Morgan fingerprint density at radius 2 is 1.85 bits per heavy atom. The quantitative estimate of drug-likeness (QED) is 0.924. The molecule has 1 aliphatic carbocycles. The first kappa shape index (κ1) is 12.9. The zero-order valence-corrected chi connectivity index (χ0v) is 12.1. The first-order valence-corrected chi connectivity index (χ1v) is 6.94. The zero-order chi connectivity index (χ0) is 14.1. The number of methoxy groups -OCH3 is 1. The van der Waals surface area contributed by atoms with Gasteiger partial charge in [-0.05, 0) is 62.1 Å². The third-order valence-electron chi connectivity index (χ3n) is 3.83. The molecule has 1 fully saturated rings. The summed E-state index contributed by atoms with van der Waals surface area (Å²) in [6.45, 7) is 4.15. The molecular formula is C16H19N3O. The number of ether oxygens (including phenoxy) is 1. The van der Waals surface area contributed by atoms with Crippen molar-refractivity contribution >= 4 is 5.82 Å². The first-order chi connectivity index (χ1) is 9.69. The molecule has 0 radical (unpaired) electrons. The molecule has 1 N–H and O–H groups in total. The molecule has 1 aromatic carbocycles. The van der Waals surface area contributed by atoms with Gasteiger partial charge < -0.3 is 10.1 Å². The van der Waals surface area contributed by atoms with Gasteiger partial charge in [-0.1, -0.05) is 0 Å². The summed E-state index contributed by atoms with van der Waals surface area (Å²) < 4.78 is 5.34. The van der Waals surface area contributed by atoms with Crippen LogP contribution in [0.2, 0.25) is 0 Å². The Morgan fingerprint density at radius 3 is 2.45 bits per heavy atom. The minimum absolute atomic E-state index is 0.597. The highest BCUT2D eigenvalue weighted by molar-refractivity contribution is 5.67. The van der Waals surface area contributed by atoms with Gasteiger partial charge in [0.2, 0.25) is 0 Å². The van der Waals surface area contributed by atoms with Crippen LogP contribution >= 0.6 is 0 Å². The van der Waals surface area contributed by atoms with E-state index in [1.165, 1.54) is 18.4 Å². The van der Waals surface area contributed by atoms with Gasteiger partial charge in [0.1, 0.15) is 11.6 Å². The monoisotopic (exact) mass is 269 g/mol. The van der Waals surface area contributed by atoms with E-state index in [0.29, 0.717) is 6.04 Å². The highest BCUT2D eigenvalue weighted by atomic mass is 16.5. The first-order valence-electron chi connectivity index (χ1n) is 6.94. The Bertz CT molecular complexity index is 618. The Morgan fingerprint density at radius 1 is 1.05 bits per heavy atom. The maximum absolute atomic E-state index is 5.34. The zero-order valence-electron chi connectivity index (χ0n) is 12.1. The summed E-state index contributed by atoms with van der Waals surface area (Å²) >= 11 is 0. The molecule has 0 unspecified atom stereocenters. The largest absolute Gasteiger partial charge is 0.496 e. The standard InChI is InChI=1S/C16H19N3O/c1-10-11(2)15(20-3)8-6-13(10)14-7-9-16(19-18-14)17-12-4-5-12/h6-9,12H,4-5H2,1-3H3,(H,17,19). The number of anilines is 1. The molecule has 104 valence electrons. The Kier molecular flexibility index (Phi) is 3.30. The second kappa shape index (κ2) is 5.12. The molecule has 0 amide bonds. The summed E-state index contributed by atoms with van der Waals surface area (Å²) in [5.74, 6) is 1.77. The van der Waals surface area contributed by atoms with Crippen molar-refractivity contribution in [2.45, 2.75) is 32.7 Å². The molecule has 0 spiro atoms. The fourth-order valence-corrected chi connectivity index (χ4v) is 2.28. The lowest BCUT2D eigenvalue weighted by atomic mass is 10.00. The minimum atomic E-state index is 0.597. The second-order valence-corrected chi connectivity index (χ2v) is 5.29. The smallest absolute Gasteiger partial charge is 0.148 e. The lowest BCUT2D eigenvalue weighted by Crippen LogP contribution is -2.04. The summed E-state index contributed by atoms with van der Waals surface area (Å²) in [5.41, 5.74) is 4.33. The van der Waals surface area contributed by atoms with E-state index in [2.05, 4.69) is 29.4 Å². The number of nitrogens with zero attached hydrogens (tertiary/aromatic N) is 2. The fourth-order valence-electron chi connectivity index (χ4n) is 2.28. The lowest BCUT2D eigenvalue weighted by Gasteiger charge is -2.12. The van der Waals surface area contributed by atoms with Crippen LogP contribution in [0.1, 0.15) is 24.0 Å². The van der Waals surface area contributed by atoms with Crippen LogP contribution in [0.5, 0.6) is 5.75 Å². The molecule has 4 nitrogen and oxygen atoms in total.